The first-order valence-corrected chi connectivity index (χ1v) is 11.2. The van der Waals surface area contributed by atoms with Crippen LogP contribution in [-0.2, 0) is 15.8 Å². The van der Waals surface area contributed by atoms with E-state index in [2.05, 4.69) is 18.2 Å². The van der Waals surface area contributed by atoms with Crippen LogP contribution in [0.2, 0.25) is 0 Å². The Bertz CT molecular complexity index is 1050. The summed E-state index contributed by atoms with van der Waals surface area (Å²) in [5.41, 5.74) is 4.76. The van der Waals surface area contributed by atoms with Crippen LogP contribution in [-0.4, -0.2) is 24.3 Å². The Labute approximate surface area is 166 Å². The molecule has 0 amide bonds. The van der Waals surface area contributed by atoms with Gasteiger partial charge >= 0.3 is 0 Å². The molecule has 4 nitrogen and oxygen atoms in total. The minimum Gasteiger partial charge on any atom is -0.256 e. The molecule has 1 aromatic heterocycles. The summed E-state index contributed by atoms with van der Waals surface area (Å²) in [4.78, 5) is 4.71. The number of aromatic nitrogens is 1. The molecule has 144 valence electrons. The molecule has 1 saturated heterocycles. The van der Waals surface area contributed by atoms with Crippen molar-refractivity contribution < 1.29 is 8.42 Å². The highest BCUT2D eigenvalue weighted by Gasteiger charge is 2.36. The largest absolute Gasteiger partial charge is 0.256 e. The van der Waals surface area contributed by atoms with Crippen LogP contribution in [0.3, 0.4) is 0 Å². The third-order valence-electron chi connectivity index (χ3n) is 5.17. The van der Waals surface area contributed by atoms with Gasteiger partial charge in [0.15, 0.2) is 0 Å². The molecular formula is C23H24N2O2S. The molecular weight excluding hydrogens is 368 g/mol. The van der Waals surface area contributed by atoms with Crippen LogP contribution in [0.1, 0.15) is 35.8 Å². The Hall–Kier alpha value is -2.50. The van der Waals surface area contributed by atoms with Crippen LogP contribution in [0.4, 0.5) is 0 Å². The smallest absolute Gasteiger partial charge is 0.218 e. The van der Waals surface area contributed by atoms with E-state index in [1.54, 1.807) is 4.31 Å². The van der Waals surface area contributed by atoms with Gasteiger partial charge in [0.25, 0.3) is 0 Å². The Morgan fingerprint density at radius 2 is 1.64 bits per heavy atom. The summed E-state index contributed by atoms with van der Waals surface area (Å²) in [6.45, 7) is 2.52. The second kappa shape index (κ2) is 7.86. The Kier molecular flexibility index (Phi) is 5.29. The standard InChI is InChI=1S/C23H24N2O2S/c1-18-15-21(20-11-6-3-7-12-20)16-22(24-18)23-13-8-14-25(23)28(26,27)17-19-9-4-2-5-10-19/h2-7,9-12,15-16,23H,8,13-14,17H2,1H3. The van der Waals surface area contributed by atoms with Crippen LogP contribution < -0.4 is 0 Å². The van der Waals surface area contributed by atoms with Gasteiger partial charge in [0.05, 0.1) is 17.5 Å². The van der Waals surface area contributed by atoms with Gasteiger partial charge in [0.1, 0.15) is 0 Å². The highest BCUT2D eigenvalue weighted by molar-refractivity contribution is 7.88. The average Bonchev–Trinajstić information content (AvgIpc) is 3.20. The lowest BCUT2D eigenvalue weighted by molar-refractivity contribution is 0.389. The van der Waals surface area contributed by atoms with Crippen LogP contribution >= 0.6 is 0 Å². The molecule has 0 radical (unpaired) electrons. The minimum absolute atomic E-state index is 0.0295. The zero-order chi connectivity index (χ0) is 19.6. The highest BCUT2D eigenvalue weighted by atomic mass is 32.2. The number of pyridine rings is 1. The van der Waals surface area contributed by atoms with Crippen LogP contribution in [0.15, 0.2) is 72.8 Å². The molecule has 0 saturated carbocycles. The van der Waals surface area contributed by atoms with Crippen molar-refractivity contribution in [2.24, 2.45) is 0 Å². The molecule has 2 aromatic carbocycles. The Morgan fingerprint density at radius 3 is 2.36 bits per heavy atom. The van der Waals surface area contributed by atoms with Crippen molar-refractivity contribution in [1.82, 2.24) is 9.29 Å². The molecule has 28 heavy (non-hydrogen) atoms. The van der Waals surface area contributed by atoms with Crippen molar-refractivity contribution >= 4 is 10.0 Å². The van der Waals surface area contributed by atoms with Crippen molar-refractivity contribution in [2.75, 3.05) is 6.54 Å². The quantitative estimate of drug-likeness (QED) is 0.631. The average molecular weight is 393 g/mol. The maximum Gasteiger partial charge on any atom is 0.218 e. The number of aryl methyl sites for hydroxylation is 1. The van der Waals surface area contributed by atoms with E-state index in [4.69, 9.17) is 4.98 Å². The van der Waals surface area contributed by atoms with Gasteiger partial charge in [-0.2, -0.15) is 4.31 Å². The summed E-state index contributed by atoms with van der Waals surface area (Å²) in [6.07, 6.45) is 1.66. The number of nitrogens with zero attached hydrogens (tertiary/aromatic N) is 2. The summed E-state index contributed by atoms with van der Waals surface area (Å²) < 4.78 is 27.9. The Morgan fingerprint density at radius 1 is 0.964 bits per heavy atom. The van der Waals surface area contributed by atoms with Gasteiger partial charge < -0.3 is 0 Å². The van der Waals surface area contributed by atoms with Gasteiger partial charge in [-0.1, -0.05) is 60.7 Å². The van der Waals surface area contributed by atoms with E-state index >= 15 is 0 Å². The van der Waals surface area contributed by atoms with Crippen LogP contribution in [0.5, 0.6) is 0 Å². The lowest BCUT2D eigenvalue weighted by atomic mass is 10.0. The van der Waals surface area contributed by atoms with Gasteiger partial charge in [-0.05, 0) is 48.6 Å². The summed E-state index contributed by atoms with van der Waals surface area (Å²) >= 11 is 0. The molecule has 1 atom stereocenters. The normalized spacial score (nSPS) is 17.7. The van der Waals surface area contributed by atoms with Crippen molar-refractivity contribution in [1.29, 1.82) is 0 Å². The topological polar surface area (TPSA) is 50.3 Å². The second-order valence-electron chi connectivity index (χ2n) is 7.30. The monoisotopic (exact) mass is 392 g/mol. The summed E-state index contributed by atoms with van der Waals surface area (Å²) in [6, 6.07) is 23.4. The predicted molar refractivity (Wildman–Crippen MR) is 112 cm³/mol. The lowest BCUT2D eigenvalue weighted by Gasteiger charge is -2.24. The molecule has 0 bridgehead atoms. The van der Waals surface area contributed by atoms with Gasteiger partial charge in [-0.3, -0.25) is 4.98 Å². The van der Waals surface area contributed by atoms with E-state index in [-0.39, 0.29) is 11.8 Å². The van der Waals surface area contributed by atoms with Crippen molar-refractivity contribution in [3.05, 3.63) is 89.7 Å². The summed E-state index contributed by atoms with van der Waals surface area (Å²) in [7, 11) is -3.41. The highest BCUT2D eigenvalue weighted by Crippen LogP contribution is 2.36. The molecule has 0 N–H and O–H groups in total. The van der Waals surface area contributed by atoms with E-state index in [1.807, 2.05) is 61.5 Å². The molecule has 5 heteroatoms. The predicted octanol–water partition coefficient (Wildman–Crippen LogP) is 4.72. The van der Waals surface area contributed by atoms with Crippen molar-refractivity contribution in [2.45, 2.75) is 31.6 Å². The SMILES string of the molecule is Cc1cc(-c2ccccc2)cc(C2CCCN2S(=O)(=O)Cc2ccccc2)n1. The maximum absolute atomic E-state index is 13.1. The Balaban J connectivity index is 1.66. The first-order valence-electron chi connectivity index (χ1n) is 9.60. The van der Waals surface area contributed by atoms with Gasteiger partial charge in [-0.15, -0.1) is 0 Å². The summed E-state index contributed by atoms with van der Waals surface area (Å²) in [5, 5.41) is 0. The molecule has 2 heterocycles. The number of rotatable bonds is 5. The number of hydrogen-bond donors (Lipinski definition) is 0. The summed E-state index contributed by atoms with van der Waals surface area (Å²) in [5.74, 6) is 0.0295. The molecule has 1 unspecified atom stereocenters. The van der Waals surface area contributed by atoms with Crippen molar-refractivity contribution in [3.8, 4) is 11.1 Å². The van der Waals surface area contributed by atoms with E-state index in [0.29, 0.717) is 6.54 Å². The fourth-order valence-electron chi connectivity index (χ4n) is 3.90. The third kappa shape index (κ3) is 4.01. The minimum atomic E-state index is -3.41. The fraction of sp³-hybridized carbons (Fsp3) is 0.261. The number of sulfonamides is 1. The van der Waals surface area contributed by atoms with Crippen molar-refractivity contribution in [3.63, 3.8) is 0 Å². The molecule has 3 aromatic rings. The van der Waals surface area contributed by atoms with Gasteiger partial charge in [0, 0.05) is 12.2 Å². The molecule has 0 aliphatic carbocycles. The molecule has 4 rings (SSSR count). The second-order valence-corrected chi connectivity index (χ2v) is 9.22. The lowest BCUT2D eigenvalue weighted by Crippen LogP contribution is -2.32. The maximum atomic E-state index is 13.1. The zero-order valence-electron chi connectivity index (χ0n) is 16.0. The van der Waals surface area contributed by atoms with Gasteiger partial charge in [0.2, 0.25) is 10.0 Å². The fourth-order valence-corrected chi connectivity index (χ4v) is 5.69. The first-order chi connectivity index (χ1) is 13.5. The molecule has 1 fully saturated rings. The van der Waals surface area contributed by atoms with E-state index in [9.17, 15) is 8.42 Å². The first kappa shape index (κ1) is 18.8. The van der Waals surface area contributed by atoms with E-state index < -0.39 is 10.0 Å². The molecule has 1 aliphatic heterocycles. The zero-order valence-corrected chi connectivity index (χ0v) is 16.8. The van der Waals surface area contributed by atoms with E-state index in [1.165, 1.54) is 0 Å². The molecule has 1 aliphatic rings. The van der Waals surface area contributed by atoms with Gasteiger partial charge in [-0.25, -0.2) is 8.42 Å². The number of benzene rings is 2. The molecule has 0 spiro atoms. The van der Waals surface area contributed by atoms with Crippen LogP contribution in [0, 0.1) is 6.92 Å². The van der Waals surface area contributed by atoms with E-state index in [0.717, 1.165) is 40.9 Å². The third-order valence-corrected chi connectivity index (χ3v) is 7.02. The van der Waals surface area contributed by atoms with Crippen LogP contribution in [0.25, 0.3) is 11.1 Å². The number of hydrogen-bond acceptors (Lipinski definition) is 3.